The topological polar surface area (TPSA) is 81.8 Å². The molecule has 2 aliphatic rings. The summed E-state index contributed by atoms with van der Waals surface area (Å²) in [6.45, 7) is 0.483. The molecule has 24 heavy (non-hydrogen) atoms. The monoisotopic (exact) mass is 348 g/mol. The number of anilines is 1. The van der Waals surface area contributed by atoms with Gasteiger partial charge in [0.05, 0.1) is 12.6 Å². The van der Waals surface area contributed by atoms with E-state index in [1.165, 1.54) is 4.90 Å². The Morgan fingerprint density at radius 3 is 2.88 bits per heavy atom. The van der Waals surface area contributed by atoms with Crippen molar-refractivity contribution in [2.24, 2.45) is 0 Å². The number of fused-ring (bicyclic) bond motifs is 1. The molecule has 0 aliphatic carbocycles. The van der Waals surface area contributed by atoms with Crippen LogP contribution in [0.4, 0.5) is 10.5 Å². The lowest BCUT2D eigenvalue weighted by Crippen LogP contribution is -2.55. The first kappa shape index (κ1) is 16.6. The van der Waals surface area contributed by atoms with Crippen LogP contribution in [0, 0.1) is 0 Å². The zero-order valence-electron chi connectivity index (χ0n) is 13.6. The van der Waals surface area contributed by atoms with Crippen molar-refractivity contribution < 1.29 is 14.4 Å². The predicted molar refractivity (Wildman–Crippen MR) is 91.9 cm³/mol. The van der Waals surface area contributed by atoms with Crippen molar-refractivity contribution in [3.05, 3.63) is 24.3 Å². The molecular formula is C16H20N4O3S. The van der Waals surface area contributed by atoms with Gasteiger partial charge < -0.3 is 20.4 Å². The Hall–Kier alpha value is -2.22. The third kappa shape index (κ3) is 3.33. The minimum atomic E-state index is -0.457. The normalized spacial score (nSPS) is 23.2. The molecule has 2 N–H and O–H groups in total. The zero-order valence-corrected chi connectivity index (χ0v) is 14.4. The van der Waals surface area contributed by atoms with Crippen LogP contribution in [-0.2, 0) is 9.59 Å². The summed E-state index contributed by atoms with van der Waals surface area (Å²) in [6, 6.07) is 6.55. The van der Waals surface area contributed by atoms with Gasteiger partial charge in [-0.2, -0.15) is 0 Å². The first-order chi connectivity index (χ1) is 11.5. The highest BCUT2D eigenvalue weighted by atomic mass is 32.2. The van der Waals surface area contributed by atoms with Gasteiger partial charge in [-0.3, -0.25) is 9.59 Å². The summed E-state index contributed by atoms with van der Waals surface area (Å²) in [5.74, 6) is -0.133. The molecular weight excluding hydrogens is 328 g/mol. The maximum Gasteiger partial charge on any atom is 0.319 e. The molecule has 1 aromatic rings. The molecule has 3 rings (SSSR count). The summed E-state index contributed by atoms with van der Waals surface area (Å²) < 4.78 is 0. The number of urea groups is 1. The van der Waals surface area contributed by atoms with Gasteiger partial charge in [0.2, 0.25) is 11.8 Å². The first-order valence-corrected chi connectivity index (χ1v) is 8.96. The smallest absolute Gasteiger partial charge is 0.319 e. The lowest BCUT2D eigenvalue weighted by Gasteiger charge is -2.33. The van der Waals surface area contributed by atoms with E-state index in [0.717, 1.165) is 4.90 Å². The molecule has 2 unspecified atom stereocenters. The molecule has 0 radical (unpaired) electrons. The van der Waals surface area contributed by atoms with Crippen LogP contribution in [0.15, 0.2) is 29.2 Å². The van der Waals surface area contributed by atoms with Crippen LogP contribution in [0.2, 0.25) is 0 Å². The number of rotatable bonds is 3. The number of amides is 4. The van der Waals surface area contributed by atoms with Gasteiger partial charge in [0.15, 0.2) is 0 Å². The van der Waals surface area contributed by atoms with Crippen LogP contribution in [0.3, 0.4) is 0 Å². The van der Waals surface area contributed by atoms with Crippen molar-refractivity contribution in [1.29, 1.82) is 0 Å². The average Bonchev–Trinajstić information content (AvgIpc) is 2.97. The molecule has 1 aromatic carbocycles. The SMILES string of the molecule is CSc1cccc(NC(=O)NC2CC3C(=O)N(C)CC(=O)N3C2)c1. The summed E-state index contributed by atoms with van der Waals surface area (Å²) in [7, 11) is 1.63. The number of hydrogen-bond acceptors (Lipinski definition) is 4. The summed E-state index contributed by atoms with van der Waals surface area (Å²) in [5.41, 5.74) is 0.710. The quantitative estimate of drug-likeness (QED) is 0.798. The molecule has 2 atom stereocenters. The molecule has 2 saturated heterocycles. The van der Waals surface area contributed by atoms with Gasteiger partial charge in [0.1, 0.15) is 6.04 Å². The second-order valence-corrected chi connectivity index (χ2v) is 6.90. The van der Waals surface area contributed by atoms with Gasteiger partial charge in [-0.05, 0) is 30.9 Å². The van der Waals surface area contributed by atoms with Crippen molar-refractivity contribution in [1.82, 2.24) is 15.1 Å². The lowest BCUT2D eigenvalue weighted by atomic mass is 10.1. The van der Waals surface area contributed by atoms with Crippen LogP contribution in [0.5, 0.6) is 0 Å². The van der Waals surface area contributed by atoms with E-state index in [1.807, 2.05) is 30.5 Å². The number of thioether (sulfide) groups is 1. The molecule has 4 amide bonds. The van der Waals surface area contributed by atoms with Crippen LogP contribution >= 0.6 is 11.8 Å². The third-order valence-corrected chi connectivity index (χ3v) is 5.04. The molecule has 0 spiro atoms. The molecule has 2 aliphatic heterocycles. The fourth-order valence-corrected chi connectivity index (χ4v) is 3.59. The predicted octanol–water partition coefficient (Wildman–Crippen LogP) is 0.971. The number of benzene rings is 1. The summed E-state index contributed by atoms with van der Waals surface area (Å²) in [4.78, 5) is 40.4. The van der Waals surface area contributed by atoms with E-state index in [9.17, 15) is 14.4 Å². The molecule has 7 nitrogen and oxygen atoms in total. The minimum Gasteiger partial charge on any atom is -0.335 e. The van der Waals surface area contributed by atoms with Crippen LogP contribution < -0.4 is 10.6 Å². The van der Waals surface area contributed by atoms with Gasteiger partial charge in [-0.25, -0.2) is 4.79 Å². The van der Waals surface area contributed by atoms with E-state index >= 15 is 0 Å². The fraction of sp³-hybridized carbons (Fsp3) is 0.438. The number of piperazine rings is 1. The Morgan fingerprint density at radius 2 is 2.12 bits per heavy atom. The van der Waals surface area contributed by atoms with Gasteiger partial charge >= 0.3 is 6.03 Å². The highest BCUT2D eigenvalue weighted by molar-refractivity contribution is 7.98. The van der Waals surface area contributed by atoms with Crippen LogP contribution in [-0.4, -0.2) is 66.1 Å². The van der Waals surface area contributed by atoms with E-state index in [4.69, 9.17) is 0 Å². The zero-order chi connectivity index (χ0) is 17.3. The Kier molecular flexibility index (Phi) is 4.66. The molecule has 128 valence electrons. The Labute approximate surface area is 144 Å². The van der Waals surface area contributed by atoms with Crippen LogP contribution in [0.25, 0.3) is 0 Å². The van der Waals surface area contributed by atoms with E-state index < -0.39 is 6.04 Å². The number of nitrogens with zero attached hydrogens (tertiary/aromatic N) is 2. The Morgan fingerprint density at radius 1 is 1.33 bits per heavy atom. The highest BCUT2D eigenvalue weighted by Crippen LogP contribution is 2.24. The fourth-order valence-electron chi connectivity index (χ4n) is 3.13. The van der Waals surface area contributed by atoms with Gasteiger partial charge in [-0.1, -0.05) is 6.07 Å². The van der Waals surface area contributed by atoms with Crippen molar-refractivity contribution in [2.45, 2.75) is 23.4 Å². The van der Waals surface area contributed by atoms with Gasteiger partial charge in [-0.15, -0.1) is 11.8 Å². The second kappa shape index (κ2) is 6.72. The van der Waals surface area contributed by atoms with Gasteiger partial charge in [0, 0.05) is 24.2 Å². The van der Waals surface area contributed by atoms with E-state index in [-0.39, 0.29) is 30.4 Å². The van der Waals surface area contributed by atoms with Crippen molar-refractivity contribution in [2.75, 3.05) is 31.7 Å². The van der Waals surface area contributed by atoms with Crippen LogP contribution in [0.1, 0.15) is 6.42 Å². The average molecular weight is 348 g/mol. The summed E-state index contributed by atoms with van der Waals surface area (Å²) in [6.07, 6.45) is 2.42. The molecule has 8 heteroatoms. The number of hydrogen-bond donors (Lipinski definition) is 2. The second-order valence-electron chi connectivity index (χ2n) is 6.02. The lowest BCUT2D eigenvalue weighted by molar-refractivity contribution is -0.152. The maximum absolute atomic E-state index is 12.2. The third-order valence-electron chi connectivity index (χ3n) is 4.32. The molecule has 0 saturated carbocycles. The van der Waals surface area contributed by atoms with Crippen molar-refractivity contribution in [3.63, 3.8) is 0 Å². The maximum atomic E-state index is 12.2. The summed E-state index contributed by atoms with van der Waals surface area (Å²) in [5, 5.41) is 5.65. The van der Waals surface area contributed by atoms with Crippen molar-refractivity contribution >= 4 is 35.3 Å². The van der Waals surface area contributed by atoms with E-state index in [0.29, 0.717) is 18.7 Å². The van der Waals surface area contributed by atoms with Crippen molar-refractivity contribution in [3.8, 4) is 0 Å². The standard InChI is InChI=1S/C16H20N4O3S/c1-19-9-14(21)20-8-11(7-13(20)15(19)22)18-16(23)17-10-4-3-5-12(6-10)24-2/h3-6,11,13H,7-9H2,1-2H3,(H2,17,18,23). The largest absolute Gasteiger partial charge is 0.335 e. The molecule has 2 fully saturated rings. The molecule has 0 aromatic heterocycles. The number of carbonyl (C=O) groups excluding carboxylic acids is 3. The van der Waals surface area contributed by atoms with Gasteiger partial charge in [0.25, 0.3) is 0 Å². The Bertz CT molecular complexity index is 681. The molecule has 2 heterocycles. The number of nitrogens with one attached hydrogen (secondary N) is 2. The Balaban J connectivity index is 1.59. The highest BCUT2D eigenvalue weighted by Gasteiger charge is 2.44. The summed E-state index contributed by atoms with van der Waals surface area (Å²) >= 11 is 1.60. The van der Waals surface area contributed by atoms with E-state index in [2.05, 4.69) is 10.6 Å². The number of likely N-dealkylation sites (N-methyl/N-ethyl adjacent to an activating group) is 1. The minimum absolute atomic E-state index is 0.0630. The first-order valence-electron chi connectivity index (χ1n) is 7.74. The molecule has 0 bridgehead atoms. The number of carbonyl (C=O) groups is 3. The van der Waals surface area contributed by atoms with E-state index in [1.54, 1.807) is 23.7 Å².